The average Bonchev–Trinajstić information content (AvgIpc) is 2.74. The van der Waals surface area contributed by atoms with Gasteiger partial charge in [-0.15, -0.1) is 0 Å². The molecule has 2 aromatic rings. The van der Waals surface area contributed by atoms with E-state index >= 15 is 0 Å². The number of methoxy groups -OCH3 is 1. The van der Waals surface area contributed by atoms with Crippen LogP contribution < -0.4 is 14.8 Å². The molecule has 0 bridgehead atoms. The predicted molar refractivity (Wildman–Crippen MR) is 116 cm³/mol. The Bertz CT molecular complexity index is 1080. The molecule has 0 fully saturated rings. The number of alkyl halides is 1. The van der Waals surface area contributed by atoms with E-state index in [1.807, 2.05) is 19.1 Å². The number of ether oxygens (including phenoxy) is 2. The molecular formula is C24H24F3NO4. The van der Waals surface area contributed by atoms with Crippen molar-refractivity contribution in [2.45, 2.75) is 26.6 Å². The van der Waals surface area contributed by atoms with Crippen LogP contribution in [0.25, 0.3) is 5.57 Å². The zero-order chi connectivity index (χ0) is 23.4. The highest BCUT2D eigenvalue weighted by Gasteiger charge is 2.23. The lowest BCUT2D eigenvalue weighted by molar-refractivity contribution is -0.139. The molecular weight excluding hydrogens is 423 g/mol. The standard InChI is InChI=1S/C24H24F3NO4/c1-13-9-15(17-5-4-6-18(25)14(17)2)10-16(24(13)31-3)11-28-23-19(26)7-8-20(22(23)27)32-12-21(29)30/h4-10,14,18,28H,11-12H2,1-3H3,(H,29,30). The second-order valence-corrected chi connectivity index (χ2v) is 7.50. The van der Waals surface area contributed by atoms with Crippen molar-refractivity contribution in [2.75, 3.05) is 19.0 Å². The molecule has 1 aliphatic rings. The Kier molecular flexibility index (Phi) is 7.12. The Morgan fingerprint density at radius 2 is 2.00 bits per heavy atom. The number of carbonyl (C=O) groups is 1. The average molecular weight is 447 g/mol. The Morgan fingerprint density at radius 3 is 2.69 bits per heavy atom. The minimum atomic E-state index is -1.28. The molecule has 8 heteroatoms. The van der Waals surface area contributed by atoms with Gasteiger partial charge in [-0.3, -0.25) is 0 Å². The van der Waals surface area contributed by atoms with Gasteiger partial charge in [0, 0.05) is 18.0 Å². The van der Waals surface area contributed by atoms with Gasteiger partial charge in [-0.1, -0.05) is 25.2 Å². The van der Waals surface area contributed by atoms with E-state index in [2.05, 4.69) is 5.32 Å². The maximum atomic E-state index is 14.7. The molecule has 3 rings (SSSR count). The molecule has 0 aliphatic heterocycles. The van der Waals surface area contributed by atoms with Crippen LogP contribution in [0.4, 0.5) is 18.9 Å². The maximum Gasteiger partial charge on any atom is 0.341 e. The summed E-state index contributed by atoms with van der Waals surface area (Å²) in [4.78, 5) is 10.7. The van der Waals surface area contributed by atoms with Crippen molar-refractivity contribution < 1.29 is 32.5 Å². The number of allylic oxidation sites excluding steroid dienone is 4. The molecule has 32 heavy (non-hydrogen) atoms. The molecule has 0 radical (unpaired) electrons. The first-order valence-corrected chi connectivity index (χ1v) is 9.99. The molecule has 1 aliphatic carbocycles. The molecule has 0 spiro atoms. The summed E-state index contributed by atoms with van der Waals surface area (Å²) in [5, 5.41) is 11.4. The number of carboxylic acids is 1. The van der Waals surface area contributed by atoms with Crippen molar-refractivity contribution in [2.24, 2.45) is 5.92 Å². The van der Waals surface area contributed by atoms with Gasteiger partial charge in [-0.2, -0.15) is 0 Å². The maximum absolute atomic E-state index is 14.7. The lowest BCUT2D eigenvalue weighted by Gasteiger charge is -2.23. The molecule has 0 heterocycles. The molecule has 0 saturated carbocycles. The Balaban J connectivity index is 1.92. The van der Waals surface area contributed by atoms with E-state index in [9.17, 15) is 18.0 Å². The Morgan fingerprint density at radius 1 is 1.25 bits per heavy atom. The number of rotatable bonds is 8. The molecule has 0 aromatic heterocycles. The van der Waals surface area contributed by atoms with Gasteiger partial charge in [0.2, 0.25) is 0 Å². The topological polar surface area (TPSA) is 67.8 Å². The lowest BCUT2D eigenvalue weighted by atomic mass is 9.85. The Hall–Kier alpha value is -3.42. The van der Waals surface area contributed by atoms with E-state index in [-0.39, 0.29) is 18.2 Å². The number of benzene rings is 2. The third kappa shape index (κ3) is 4.90. The summed E-state index contributed by atoms with van der Waals surface area (Å²) >= 11 is 0. The van der Waals surface area contributed by atoms with E-state index in [4.69, 9.17) is 14.6 Å². The molecule has 2 unspecified atom stereocenters. The summed E-state index contributed by atoms with van der Waals surface area (Å²) in [6, 6.07) is 5.71. The number of aryl methyl sites for hydroxylation is 1. The van der Waals surface area contributed by atoms with Crippen LogP contribution in [0.1, 0.15) is 23.6 Å². The third-order valence-electron chi connectivity index (χ3n) is 5.29. The SMILES string of the molecule is COc1c(C)cc(C2=CC=CC(F)C2C)cc1CNc1c(F)ccc(OCC(=O)O)c1F. The minimum absolute atomic E-state index is 0.00459. The molecule has 5 nitrogen and oxygen atoms in total. The highest BCUT2D eigenvalue weighted by atomic mass is 19.1. The second kappa shape index (κ2) is 9.80. The van der Waals surface area contributed by atoms with Crippen molar-refractivity contribution in [1.29, 1.82) is 0 Å². The van der Waals surface area contributed by atoms with Gasteiger partial charge >= 0.3 is 5.97 Å². The van der Waals surface area contributed by atoms with Gasteiger partial charge in [-0.05, 0) is 47.9 Å². The summed E-state index contributed by atoms with van der Waals surface area (Å²) in [7, 11) is 1.50. The quantitative estimate of drug-likeness (QED) is 0.576. The van der Waals surface area contributed by atoms with Gasteiger partial charge in [-0.25, -0.2) is 18.0 Å². The van der Waals surface area contributed by atoms with Crippen LogP contribution >= 0.6 is 0 Å². The van der Waals surface area contributed by atoms with Crippen LogP contribution in [0.15, 0.2) is 42.5 Å². The molecule has 0 saturated heterocycles. The minimum Gasteiger partial charge on any atom is -0.496 e. The fourth-order valence-corrected chi connectivity index (χ4v) is 3.68. The summed E-state index contributed by atoms with van der Waals surface area (Å²) in [6.07, 6.45) is 3.92. The molecule has 170 valence electrons. The largest absolute Gasteiger partial charge is 0.496 e. The predicted octanol–water partition coefficient (Wildman–Crippen LogP) is 5.28. The van der Waals surface area contributed by atoms with E-state index in [0.29, 0.717) is 11.3 Å². The molecule has 2 N–H and O–H groups in total. The number of carboxylic acid groups (broad SMARTS) is 1. The van der Waals surface area contributed by atoms with Crippen molar-refractivity contribution >= 4 is 17.2 Å². The van der Waals surface area contributed by atoms with E-state index < -0.39 is 36.1 Å². The number of nitrogens with one attached hydrogen (secondary N) is 1. The van der Waals surface area contributed by atoms with Gasteiger partial charge in [0.25, 0.3) is 0 Å². The normalized spacial score (nSPS) is 17.6. The van der Waals surface area contributed by atoms with Crippen LogP contribution in [0.2, 0.25) is 0 Å². The Labute approximate surface area is 184 Å². The zero-order valence-electron chi connectivity index (χ0n) is 17.9. The van der Waals surface area contributed by atoms with E-state index in [1.54, 1.807) is 19.1 Å². The summed E-state index contributed by atoms with van der Waals surface area (Å²) in [5.74, 6) is -3.35. The van der Waals surface area contributed by atoms with Crippen molar-refractivity contribution in [3.63, 3.8) is 0 Å². The van der Waals surface area contributed by atoms with E-state index in [0.717, 1.165) is 28.8 Å². The lowest BCUT2D eigenvalue weighted by Crippen LogP contribution is -2.15. The number of hydrogen-bond donors (Lipinski definition) is 2. The summed E-state index contributed by atoms with van der Waals surface area (Å²) < 4.78 is 53.5. The molecule has 0 amide bonds. The summed E-state index contributed by atoms with van der Waals surface area (Å²) in [5.41, 5.74) is 2.57. The van der Waals surface area contributed by atoms with Crippen molar-refractivity contribution in [3.05, 3.63) is 70.8 Å². The first-order valence-electron chi connectivity index (χ1n) is 9.99. The van der Waals surface area contributed by atoms with Crippen molar-refractivity contribution in [3.8, 4) is 11.5 Å². The molecule has 2 atom stereocenters. The van der Waals surface area contributed by atoms with E-state index in [1.165, 1.54) is 13.2 Å². The van der Waals surface area contributed by atoms with Gasteiger partial charge < -0.3 is 19.9 Å². The summed E-state index contributed by atoms with van der Waals surface area (Å²) in [6.45, 7) is 2.88. The number of aliphatic carboxylic acids is 1. The fourth-order valence-electron chi connectivity index (χ4n) is 3.68. The first kappa shape index (κ1) is 23.2. The number of anilines is 1. The van der Waals surface area contributed by atoms with Crippen LogP contribution in [0, 0.1) is 24.5 Å². The zero-order valence-corrected chi connectivity index (χ0v) is 17.9. The van der Waals surface area contributed by atoms with Crippen LogP contribution in [-0.4, -0.2) is 31.0 Å². The smallest absolute Gasteiger partial charge is 0.341 e. The van der Waals surface area contributed by atoms with Crippen LogP contribution in [0.3, 0.4) is 0 Å². The highest BCUT2D eigenvalue weighted by molar-refractivity contribution is 5.73. The monoisotopic (exact) mass is 447 g/mol. The van der Waals surface area contributed by atoms with Crippen molar-refractivity contribution in [1.82, 2.24) is 0 Å². The second-order valence-electron chi connectivity index (χ2n) is 7.50. The van der Waals surface area contributed by atoms with Gasteiger partial charge in [0.1, 0.15) is 23.4 Å². The van der Waals surface area contributed by atoms with Crippen LogP contribution in [-0.2, 0) is 11.3 Å². The van der Waals surface area contributed by atoms with Crippen LogP contribution in [0.5, 0.6) is 11.5 Å². The molecule has 2 aromatic carbocycles. The number of hydrogen-bond acceptors (Lipinski definition) is 4. The van der Waals surface area contributed by atoms with Gasteiger partial charge in [0.05, 0.1) is 7.11 Å². The first-order chi connectivity index (χ1) is 15.2. The number of halogens is 3. The van der Waals surface area contributed by atoms with Gasteiger partial charge in [0.15, 0.2) is 18.2 Å². The fraction of sp³-hybridized carbons (Fsp3) is 0.292. The third-order valence-corrected chi connectivity index (χ3v) is 5.29. The highest BCUT2D eigenvalue weighted by Crippen LogP contribution is 2.36.